The number of fused-ring (bicyclic) bond motifs is 1. The lowest BCUT2D eigenvalue weighted by Gasteiger charge is -2.30. The van der Waals surface area contributed by atoms with Crippen molar-refractivity contribution >= 4 is 11.9 Å². The Morgan fingerprint density at radius 3 is 2.61 bits per heavy atom. The Morgan fingerprint density at radius 1 is 1.18 bits per heavy atom. The first-order valence-electron chi connectivity index (χ1n) is 9.85. The number of hydrogen-bond donors (Lipinski definition) is 2. The molecule has 1 aliphatic carbocycles. The Morgan fingerprint density at radius 2 is 1.93 bits per heavy atom. The van der Waals surface area contributed by atoms with Gasteiger partial charge in [0.25, 0.3) is 5.91 Å². The zero-order valence-corrected chi connectivity index (χ0v) is 15.7. The maximum atomic E-state index is 13.3. The zero-order chi connectivity index (χ0) is 19.7. The van der Waals surface area contributed by atoms with E-state index in [1.807, 2.05) is 12.1 Å². The Balaban J connectivity index is 1.35. The summed E-state index contributed by atoms with van der Waals surface area (Å²) in [5.74, 6) is -2.78. The number of alkyl halides is 2. The minimum Gasteiger partial charge on any atom is -0.376 e. The fraction of sp³-hybridized carbons (Fsp3) is 0.600. The van der Waals surface area contributed by atoms with Gasteiger partial charge >= 0.3 is 6.03 Å². The van der Waals surface area contributed by atoms with Crippen molar-refractivity contribution in [3.05, 3.63) is 34.9 Å². The highest BCUT2D eigenvalue weighted by molar-refractivity contribution is 5.96. The van der Waals surface area contributed by atoms with Gasteiger partial charge in [0.15, 0.2) is 0 Å². The molecule has 2 heterocycles. The van der Waals surface area contributed by atoms with Crippen LogP contribution in [-0.2, 0) is 17.8 Å². The number of amides is 3. The first kappa shape index (κ1) is 19.1. The van der Waals surface area contributed by atoms with Crippen molar-refractivity contribution in [2.75, 3.05) is 13.2 Å². The Kier molecular flexibility index (Phi) is 5.23. The number of hydrogen-bond acceptors (Lipinski definition) is 3. The number of carbonyl (C=O) groups is 2. The summed E-state index contributed by atoms with van der Waals surface area (Å²) in [6.07, 6.45) is 1.24. The van der Waals surface area contributed by atoms with Gasteiger partial charge in [-0.05, 0) is 36.5 Å². The van der Waals surface area contributed by atoms with Crippen molar-refractivity contribution in [1.82, 2.24) is 15.5 Å². The lowest BCUT2D eigenvalue weighted by Crippen LogP contribution is -2.45. The molecule has 1 saturated heterocycles. The Labute approximate surface area is 162 Å². The third kappa shape index (κ3) is 4.11. The molecule has 2 N–H and O–H groups in total. The molecule has 3 aliphatic rings. The summed E-state index contributed by atoms with van der Waals surface area (Å²) in [5.41, 5.74) is 2.36. The van der Waals surface area contributed by atoms with Gasteiger partial charge in [0, 0.05) is 50.7 Å². The van der Waals surface area contributed by atoms with Gasteiger partial charge in [0.2, 0.25) is 5.92 Å². The number of nitrogens with zero attached hydrogens (tertiary/aromatic N) is 1. The summed E-state index contributed by atoms with van der Waals surface area (Å²) in [4.78, 5) is 26.8. The lowest BCUT2D eigenvalue weighted by molar-refractivity contribution is -0.0473. The number of nitrogens with one attached hydrogen (secondary N) is 2. The quantitative estimate of drug-likeness (QED) is 0.827. The summed E-state index contributed by atoms with van der Waals surface area (Å²) in [6, 6.07) is 5.01. The molecule has 4 rings (SSSR count). The number of rotatable bonds is 4. The number of halogens is 2. The normalized spacial score (nSPS) is 23.6. The lowest BCUT2D eigenvalue weighted by atomic mass is 9.92. The van der Waals surface area contributed by atoms with E-state index in [2.05, 4.69) is 10.6 Å². The molecule has 6 nitrogen and oxygen atoms in total. The number of benzene rings is 1. The topological polar surface area (TPSA) is 70.7 Å². The van der Waals surface area contributed by atoms with E-state index in [-0.39, 0.29) is 49.8 Å². The first-order valence-corrected chi connectivity index (χ1v) is 9.85. The van der Waals surface area contributed by atoms with Gasteiger partial charge in [0.05, 0.1) is 6.10 Å². The molecule has 0 aromatic heterocycles. The summed E-state index contributed by atoms with van der Waals surface area (Å²) in [5, 5.41) is 5.77. The molecule has 152 valence electrons. The molecule has 1 unspecified atom stereocenters. The SMILES string of the molecule is O=C(NCC1CCO1)c1cccc2c1CN(C(=O)NC1CCC(F)(F)CC1)C2. The summed E-state index contributed by atoms with van der Waals surface area (Å²) < 4.78 is 31.9. The van der Waals surface area contributed by atoms with Crippen LogP contribution in [0.15, 0.2) is 18.2 Å². The van der Waals surface area contributed by atoms with E-state index in [0.29, 0.717) is 25.2 Å². The molecule has 2 aliphatic heterocycles. The minimum absolute atomic E-state index is 0.0888. The van der Waals surface area contributed by atoms with Gasteiger partial charge in [-0.2, -0.15) is 0 Å². The third-order valence-corrected chi connectivity index (χ3v) is 5.84. The molecule has 28 heavy (non-hydrogen) atoms. The molecule has 0 radical (unpaired) electrons. The molecule has 1 aromatic carbocycles. The van der Waals surface area contributed by atoms with Crippen LogP contribution in [-0.4, -0.2) is 48.1 Å². The second kappa shape index (κ2) is 7.66. The van der Waals surface area contributed by atoms with Gasteiger partial charge in [0.1, 0.15) is 0 Å². The van der Waals surface area contributed by atoms with Crippen LogP contribution < -0.4 is 10.6 Å². The molecule has 1 aromatic rings. The van der Waals surface area contributed by atoms with Crippen LogP contribution in [0, 0.1) is 0 Å². The highest BCUT2D eigenvalue weighted by Crippen LogP contribution is 2.33. The summed E-state index contributed by atoms with van der Waals surface area (Å²) in [7, 11) is 0. The van der Waals surface area contributed by atoms with Crippen LogP contribution in [0.1, 0.15) is 53.6 Å². The molecule has 1 saturated carbocycles. The van der Waals surface area contributed by atoms with E-state index in [0.717, 1.165) is 24.2 Å². The van der Waals surface area contributed by atoms with Crippen LogP contribution in [0.2, 0.25) is 0 Å². The minimum atomic E-state index is -2.61. The second-order valence-corrected chi connectivity index (χ2v) is 7.87. The molecule has 0 spiro atoms. The van der Waals surface area contributed by atoms with Gasteiger partial charge < -0.3 is 20.3 Å². The number of carbonyl (C=O) groups excluding carboxylic acids is 2. The van der Waals surface area contributed by atoms with E-state index in [1.54, 1.807) is 11.0 Å². The van der Waals surface area contributed by atoms with E-state index in [4.69, 9.17) is 4.74 Å². The van der Waals surface area contributed by atoms with Crippen molar-refractivity contribution in [2.24, 2.45) is 0 Å². The average molecular weight is 393 g/mol. The highest BCUT2D eigenvalue weighted by atomic mass is 19.3. The largest absolute Gasteiger partial charge is 0.376 e. The third-order valence-electron chi connectivity index (χ3n) is 5.84. The van der Waals surface area contributed by atoms with Crippen molar-refractivity contribution in [1.29, 1.82) is 0 Å². The van der Waals surface area contributed by atoms with Crippen molar-refractivity contribution in [3.8, 4) is 0 Å². The van der Waals surface area contributed by atoms with Crippen molar-refractivity contribution < 1.29 is 23.1 Å². The Hall–Kier alpha value is -2.22. The van der Waals surface area contributed by atoms with Gasteiger partial charge in [-0.1, -0.05) is 12.1 Å². The fourth-order valence-corrected chi connectivity index (χ4v) is 3.98. The summed E-state index contributed by atoms with van der Waals surface area (Å²) in [6.45, 7) is 1.98. The van der Waals surface area contributed by atoms with Crippen LogP contribution in [0.4, 0.5) is 13.6 Å². The molecule has 3 amide bonds. The van der Waals surface area contributed by atoms with E-state index < -0.39 is 5.92 Å². The van der Waals surface area contributed by atoms with Crippen molar-refractivity contribution in [2.45, 2.75) is 63.3 Å². The standard InChI is InChI=1S/C20H25F2N3O3/c21-20(22)7-4-14(5-8-20)24-19(27)25-11-13-2-1-3-16(17(13)12-25)18(26)23-10-15-6-9-28-15/h1-3,14-15H,4-12H2,(H,23,26)(H,24,27). The van der Waals surface area contributed by atoms with Crippen LogP contribution >= 0.6 is 0 Å². The van der Waals surface area contributed by atoms with E-state index in [9.17, 15) is 18.4 Å². The molecule has 0 bridgehead atoms. The predicted molar refractivity (Wildman–Crippen MR) is 98.1 cm³/mol. The predicted octanol–water partition coefficient (Wildman–Crippen LogP) is 2.81. The van der Waals surface area contributed by atoms with Crippen LogP contribution in [0.3, 0.4) is 0 Å². The Bertz CT molecular complexity index is 757. The van der Waals surface area contributed by atoms with Gasteiger partial charge in [-0.3, -0.25) is 4.79 Å². The van der Waals surface area contributed by atoms with E-state index in [1.165, 1.54) is 0 Å². The molecular weight excluding hydrogens is 368 g/mol. The fourth-order valence-electron chi connectivity index (χ4n) is 3.98. The van der Waals surface area contributed by atoms with Gasteiger partial charge in [-0.15, -0.1) is 0 Å². The smallest absolute Gasteiger partial charge is 0.318 e. The molecule has 2 fully saturated rings. The van der Waals surface area contributed by atoms with Crippen molar-refractivity contribution in [3.63, 3.8) is 0 Å². The average Bonchev–Trinajstić information content (AvgIpc) is 3.06. The molecular formula is C20H25F2N3O3. The highest BCUT2D eigenvalue weighted by Gasteiger charge is 2.36. The van der Waals surface area contributed by atoms with Gasteiger partial charge in [-0.25, -0.2) is 13.6 Å². The molecule has 8 heteroatoms. The first-order chi connectivity index (χ1) is 13.4. The number of ether oxygens (including phenoxy) is 1. The summed E-state index contributed by atoms with van der Waals surface area (Å²) >= 11 is 0. The van der Waals surface area contributed by atoms with Crippen LogP contribution in [0.25, 0.3) is 0 Å². The monoisotopic (exact) mass is 393 g/mol. The zero-order valence-electron chi connectivity index (χ0n) is 15.7. The molecule has 1 atom stereocenters. The maximum absolute atomic E-state index is 13.3. The van der Waals surface area contributed by atoms with E-state index >= 15 is 0 Å². The number of urea groups is 1. The maximum Gasteiger partial charge on any atom is 0.318 e. The van der Waals surface area contributed by atoms with Crippen LogP contribution in [0.5, 0.6) is 0 Å². The second-order valence-electron chi connectivity index (χ2n) is 7.87.